The van der Waals surface area contributed by atoms with Crippen molar-refractivity contribution in [2.45, 2.75) is 13.5 Å². The average molecular weight is 467 g/mol. The summed E-state index contributed by atoms with van der Waals surface area (Å²) >= 11 is 12.2. The Hall–Kier alpha value is -3.46. The number of nitrogens with zero attached hydrogens (tertiary/aromatic N) is 1. The normalized spacial score (nSPS) is 10.9. The molecule has 0 aliphatic rings. The Labute approximate surface area is 196 Å². The van der Waals surface area contributed by atoms with Gasteiger partial charge in [0, 0.05) is 26.9 Å². The summed E-state index contributed by atoms with van der Waals surface area (Å²) in [5, 5.41) is 13.3. The molecule has 1 N–H and O–H groups in total. The minimum atomic E-state index is -0.522. The number of aryl methyl sites for hydroxylation is 1. The number of anilines is 1. The van der Waals surface area contributed by atoms with Crippen LogP contribution in [0.4, 0.5) is 5.69 Å². The van der Waals surface area contributed by atoms with E-state index in [1.807, 2.05) is 25.1 Å². The first-order valence-electron chi connectivity index (χ1n) is 9.65. The molecule has 7 heteroatoms. The summed E-state index contributed by atoms with van der Waals surface area (Å²) in [6.07, 6.45) is 1.46. The number of carbonyl (C=O) groups excluding carboxylic acids is 1. The second-order valence-electron chi connectivity index (χ2n) is 6.89. The van der Waals surface area contributed by atoms with Crippen LogP contribution >= 0.6 is 23.2 Å². The fourth-order valence-corrected chi connectivity index (χ4v) is 3.35. The number of hydrogen-bond acceptors (Lipinski definition) is 4. The molecule has 3 rings (SSSR count). The summed E-state index contributed by atoms with van der Waals surface area (Å²) in [4.78, 5) is 12.7. The molecule has 0 saturated carbocycles. The molecular formula is C25H20Cl2N2O3. The number of carbonyl (C=O) groups is 1. The molecule has 162 valence electrons. The summed E-state index contributed by atoms with van der Waals surface area (Å²) in [6, 6.07) is 19.6. The Morgan fingerprint density at radius 3 is 2.53 bits per heavy atom. The van der Waals surface area contributed by atoms with E-state index in [1.165, 1.54) is 13.2 Å². The Balaban J connectivity index is 1.88. The number of methoxy groups -OCH3 is 1. The fraction of sp³-hybridized carbons (Fsp3) is 0.120. The van der Waals surface area contributed by atoms with Gasteiger partial charge in [0.2, 0.25) is 0 Å². The number of hydrogen-bond donors (Lipinski definition) is 1. The zero-order valence-electron chi connectivity index (χ0n) is 17.5. The van der Waals surface area contributed by atoms with Crippen LogP contribution in [-0.2, 0) is 11.4 Å². The molecule has 3 aromatic rings. The van der Waals surface area contributed by atoms with Crippen LogP contribution in [0.25, 0.3) is 6.08 Å². The standard InChI is InChI=1S/C25H20Cl2N2O3/c1-16-6-10-21(11-7-16)29-25(30)19(14-28)12-17-4-3-5-23(31-2)24(17)32-15-18-8-9-20(26)13-22(18)27/h3-13H,15H2,1-2H3,(H,29,30)/b19-12+. The van der Waals surface area contributed by atoms with Crippen molar-refractivity contribution in [1.82, 2.24) is 0 Å². The predicted octanol–water partition coefficient (Wildman–Crippen LogP) is 6.44. The maximum Gasteiger partial charge on any atom is 0.266 e. The summed E-state index contributed by atoms with van der Waals surface area (Å²) < 4.78 is 11.4. The minimum Gasteiger partial charge on any atom is -0.493 e. The lowest BCUT2D eigenvalue weighted by atomic mass is 10.1. The van der Waals surface area contributed by atoms with Gasteiger partial charge >= 0.3 is 0 Å². The molecule has 0 heterocycles. The van der Waals surface area contributed by atoms with Gasteiger partial charge in [0.25, 0.3) is 5.91 Å². The minimum absolute atomic E-state index is 0.0757. The van der Waals surface area contributed by atoms with E-state index in [-0.39, 0.29) is 12.2 Å². The van der Waals surface area contributed by atoms with Gasteiger partial charge in [-0.25, -0.2) is 0 Å². The van der Waals surface area contributed by atoms with Crippen LogP contribution in [0, 0.1) is 18.3 Å². The first-order valence-corrected chi connectivity index (χ1v) is 10.4. The van der Waals surface area contributed by atoms with E-state index in [0.717, 1.165) is 11.1 Å². The van der Waals surface area contributed by atoms with Crippen LogP contribution in [0.3, 0.4) is 0 Å². The zero-order valence-corrected chi connectivity index (χ0v) is 19.0. The summed E-state index contributed by atoms with van der Waals surface area (Å²) in [7, 11) is 1.51. The highest BCUT2D eigenvalue weighted by molar-refractivity contribution is 6.35. The van der Waals surface area contributed by atoms with Crippen LogP contribution in [0.2, 0.25) is 10.0 Å². The Morgan fingerprint density at radius 2 is 1.88 bits per heavy atom. The molecule has 0 unspecified atom stereocenters. The van der Waals surface area contributed by atoms with Gasteiger partial charge in [-0.3, -0.25) is 4.79 Å². The number of nitrogens with one attached hydrogen (secondary N) is 1. The molecule has 0 saturated heterocycles. The van der Waals surface area contributed by atoms with Crippen molar-refractivity contribution in [2.24, 2.45) is 0 Å². The van der Waals surface area contributed by atoms with Crippen molar-refractivity contribution in [1.29, 1.82) is 5.26 Å². The topological polar surface area (TPSA) is 71.3 Å². The van der Waals surface area contributed by atoms with E-state index in [2.05, 4.69) is 5.32 Å². The molecule has 0 aliphatic carbocycles. The number of halogens is 2. The quantitative estimate of drug-likeness (QED) is 0.321. The van der Waals surface area contributed by atoms with Gasteiger partial charge in [-0.1, -0.05) is 59.1 Å². The van der Waals surface area contributed by atoms with Gasteiger partial charge in [0.15, 0.2) is 11.5 Å². The van der Waals surface area contributed by atoms with Crippen LogP contribution in [0.15, 0.2) is 66.2 Å². The van der Waals surface area contributed by atoms with Gasteiger partial charge in [0.1, 0.15) is 18.2 Å². The van der Waals surface area contributed by atoms with E-state index in [4.69, 9.17) is 32.7 Å². The number of para-hydroxylation sites is 1. The van der Waals surface area contributed by atoms with Crippen LogP contribution in [0.5, 0.6) is 11.5 Å². The summed E-state index contributed by atoms with van der Waals surface area (Å²) in [5.41, 5.74) is 2.84. The highest BCUT2D eigenvalue weighted by atomic mass is 35.5. The molecule has 0 bridgehead atoms. The van der Waals surface area contributed by atoms with E-state index in [1.54, 1.807) is 48.5 Å². The van der Waals surface area contributed by atoms with Gasteiger partial charge in [0.05, 0.1) is 7.11 Å². The van der Waals surface area contributed by atoms with E-state index < -0.39 is 5.91 Å². The Morgan fingerprint density at radius 1 is 1.12 bits per heavy atom. The second kappa shape index (κ2) is 10.7. The van der Waals surface area contributed by atoms with E-state index in [9.17, 15) is 10.1 Å². The number of rotatable bonds is 7. The molecule has 0 aliphatic heterocycles. The predicted molar refractivity (Wildman–Crippen MR) is 127 cm³/mol. The van der Waals surface area contributed by atoms with Crippen molar-refractivity contribution in [3.63, 3.8) is 0 Å². The first-order chi connectivity index (χ1) is 15.4. The smallest absolute Gasteiger partial charge is 0.266 e. The third-order valence-corrected chi connectivity index (χ3v) is 5.18. The molecule has 0 atom stereocenters. The molecule has 1 amide bonds. The maximum atomic E-state index is 12.7. The Kier molecular flexibility index (Phi) is 7.77. The highest BCUT2D eigenvalue weighted by Gasteiger charge is 2.15. The lowest BCUT2D eigenvalue weighted by molar-refractivity contribution is -0.112. The van der Waals surface area contributed by atoms with Crippen molar-refractivity contribution in [3.05, 3.63) is 93.0 Å². The number of nitriles is 1. The number of amides is 1. The highest BCUT2D eigenvalue weighted by Crippen LogP contribution is 2.34. The van der Waals surface area contributed by atoms with Gasteiger partial charge in [-0.2, -0.15) is 5.26 Å². The third kappa shape index (κ3) is 5.82. The fourth-order valence-electron chi connectivity index (χ4n) is 2.89. The van der Waals surface area contributed by atoms with Crippen molar-refractivity contribution < 1.29 is 14.3 Å². The lowest BCUT2D eigenvalue weighted by Gasteiger charge is -2.14. The zero-order chi connectivity index (χ0) is 23.1. The molecule has 3 aromatic carbocycles. The van der Waals surface area contributed by atoms with Crippen molar-refractivity contribution in [2.75, 3.05) is 12.4 Å². The molecule has 32 heavy (non-hydrogen) atoms. The monoisotopic (exact) mass is 466 g/mol. The van der Waals surface area contributed by atoms with Crippen LogP contribution in [0.1, 0.15) is 16.7 Å². The number of benzene rings is 3. The number of ether oxygens (including phenoxy) is 2. The third-order valence-electron chi connectivity index (χ3n) is 4.59. The summed E-state index contributed by atoms with van der Waals surface area (Å²) in [5.74, 6) is 0.322. The summed E-state index contributed by atoms with van der Waals surface area (Å²) in [6.45, 7) is 2.10. The molecule has 0 aromatic heterocycles. The van der Waals surface area contributed by atoms with Gasteiger partial charge < -0.3 is 14.8 Å². The van der Waals surface area contributed by atoms with Crippen LogP contribution in [-0.4, -0.2) is 13.0 Å². The molecular weight excluding hydrogens is 447 g/mol. The lowest BCUT2D eigenvalue weighted by Crippen LogP contribution is -2.13. The van der Waals surface area contributed by atoms with Crippen LogP contribution < -0.4 is 14.8 Å². The Bertz CT molecular complexity index is 1200. The SMILES string of the molecule is COc1cccc(/C=C(\C#N)C(=O)Nc2ccc(C)cc2)c1OCc1ccc(Cl)cc1Cl. The van der Waals surface area contributed by atoms with E-state index >= 15 is 0 Å². The van der Waals surface area contributed by atoms with Crippen molar-refractivity contribution >= 4 is 40.9 Å². The van der Waals surface area contributed by atoms with E-state index in [0.29, 0.717) is 32.8 Å². The molecule has 0 fully saturated rings. The largest absolute Gasteiger partial charge is 0.493 e. The van der Waals surface area contributed by atoms with Gasteiger partial charge in [-0.15, -0.1) is 0 Å². The molecule has 0 radical (unpaired) electrons. The molecule has 5 nitrogen and oxygen atoms in total. The van der Waals surface area contributed by atoms with Gasteiger partial charge in [-0.05, 0) is 43.3 Å². The first kappa shape index (κ1) is 23.2. The van der Waals surface area contributed by atoms with Crippen molar-refractivity contribution in [3.8, 4) is 17.6 Å². The molecule has 0 spiro atoms. The average Bonchev–Trinajstić information content (AvgIpc) is 2.78. The maximum absolute atomic E-state index is 12.7. The second-order valence-corrected chi connectivity index (χ2v) is 7.74.